The van der Waals surface area contributed by atoms with Crippen molar-refractivity contribution in [3.63, 3.8) is 0 Å². The van der Waals surface area contributed by atoms with Gasteiger partial charge < -0.3 is 0 Å². The lowest BCUT2D eigenvalue weighted by Crippen LogP contribution is -2.16. The third-order valence-corrected chi connectivity index (χ3v) is 2.49. The third-order valence-electron chi connectivity index (χ3n) is 2.20. The lowest BCUT2D eigenvalue weighted by Gasteiger charge is -2.10. The Morgan fingerprint density at radius 2 is 1.94 bits per heavy atom. The molecule has 0 amide bonds. The number of ketones is 2. The van der Waals surface area contributed by atoms with Crippen LogP contribution >= 0.6 is 11.6 Å². The molecule has 0 saturated carbocycles. The van der Waals surface area contributed by atoms with Gasteiger partial charge in [-0.15, -0.1) is 0 Å². The number of hydrogen-bond acceptors (Lipinski definition) is 4. The zero-order chi connectivity index (χ0) is 11.9. The number of halogens is 1. The van der Waals surface area contributed by atoms with E-state index in [1.807, 2.05) is 0 Å². The maximum Gasteiger partial charge on any atom is 0.281 e. The maximum absolute atomic E-state index is 11.6. The van der Waals surface area contributed by atoms with Gasteiger partial charge in [-0.2, -0.15) is 0 Å². The van der Waals surface area contributed by atoms with Gasteiger partial charge in [0.05, 0.1) is 9.96 Å². The summed E-state index contributed by atoms with van der Waals surface area (Å²) in [6.45, 7) is 0. The van der Waals surface area contributed by atoms with Gasteiger partial charge in [0, 0.05) is 17.7 Å². The number of nitro benzene ring substituents is 1. The van der Waals surface area contributed by atoms with Crippen LogP contribution in [0, 0.1) is 10.1 Å². The quantitative estimate of drug-likeness (QED) is 0.553. The van der Waals surface area contributed by atoms with Crippen LogP contribution in [0.15, 0.2) is 29.3 Å². The molecule has 0 spiro atoms. The van der Waals surface area contributed by atoms with Crippen LogP contribution in [0.5, 0.6) is 0 Å². The SMILES string of the molecule is O=C1C(Cl)=CC(=O)c2c1cccc2[N+](=O)[O-]. The highest BCUT2D eigenvalue weighted by Crippen LogP contribution is 2.29. The largest absolute Gasteiger partial charge is 0.289 e. The second kappa shape index (κ2) is 3.53. The van der Waals surface area contributed by atoms with Gasteiger partial charge >= 0.3 is 0 Å². The molecule has 16 heavy (non-hydrogen) atoms. The van der Waals surface area contributed by atoms with Crippen molar-refractivity contribution in [2.24, 2.45) is 0 Å². The number of nitro groups is 1. The van der Waals surface area contributed by atoms with Gasteiger partial charge in [0.2, 0.25) is 5.78 Å². The summed E-state index contributed by atoms with van der Waals surface area (Å²) in [4.78, 5) is 33.1. The molecule has 2 rings (SSSR count). The first-order valence-corrected chi connectivity index (χ1v) is 4.64. The Hall–Kier alpha value is -2.01. The van der Waals surface area contributed by atoms with E-state index >= 15 is 0 Å². The number of benzene rings is 1. The van der Waals surface area contributed by atoms with E-state index in [-0.39, 0.29) is 21.8 Å². The first-order valence-electron chi connectivity index (χ1n) is 4.26. The van der Waals surface area contributed by atoms with Gasteiger partial charge in [-0.05, 0) is 6.07 Å². The highest BCUT2D eigenvalue weighted by molar-refractivity contribution is 6.49. The molecule has 1 aliphatic rings. The predicted octanol–water partition coefficient (Wildman–Crippen LogP) is 2.10. The minimum absolute atomic E-state index is 0.0216. The van der Waals surface area contributed by atoms with Gasteiger partial charge in [-0.1, -0.05) is 17.7 Å². The molecule has 0 unspecified atom stereocenters. The van der Waals surface area contributed by atoms with Gasteiger partial charge in [0.1, 0.15) is 5.56 Å². The number of nitrogens with zero attached hydrogens (tertiary/aromatic N) is 1. The molecule has 0 bridgehead atoms. The highest BCUT2D eigenvalue weighted by atomic mass is 35.5. The molecule has 0 radical (unpaired) electrons. The summed E-state index contributed by atoms with van der Waals surface area (Å²) in [5, 5.41) is 10.5. The van der Waals surface area contributed by atoms with Gasteiger partial charge in [-0.3, -0.25) is 19.7 Å². The Bertz CT molecular complexity index is 562. The van der Waals surface area contributed by atoms with Crippen molar-refractivity contribution in [1.82, 2.24) is 0 Å². The molecular formula is C10H4ClNO4. The molecule has 0 N–H and O–H groups in total. The summed E-state index contributed by atoms with van der Waals surface area (Å²) in [5.41, 5.74) is -0.593. The third kappa shape index (κ3) is 1.42. The topological polar surface area (TPSA) is 77.3 Å². The number of hydrogen-bond donors (Lipinski definition) is 0. The fourth-order valence-corrected chi connectivity index (χ4v) is 1.72. The van der Waals surface area contributed by atoms with Gasteiger partial charge in [0.15, 0.2) is 5.78 Å². The van der Waals surface area contributed by atoms with Crippen LogP contribution in [0.3, 0.4) is 0 Å². The minimum Gasteiger partial charge on any atom is -0.289 e. The molecule has 1 aromatic rings. The summed E-state index contributed by atoms with van der Waals surface area (Å²) in [5.74, 6) is -1.19. The summed E-state index contributed by atoms with van der Waals surface area (Å²) in [7, 11) is 0. The standard InChI is InChI=1S/C10H4ClNO4/c11-6-4-8(13)9-5(10(6)14)2-1-3-7(9)12(15)16/h1-4H. The average molecular weight is 238 g/mol. The minimum atomic E-state index is -0.697. The molecule has 0 aliphatic heterocycles. The fourth-order valence-electron chi connectivity index (χ4n) is 1.52. The molecule has 6 heteroatoms. The van der Waals surface area contributed by atoms with E-state index in [0.717, 1.165) is 6.08 Å². The van der Waals surface area contributed by atoms with Crippen molar-refractivity contribution >= 4 is 28.9 Å². The summed E-state index contributed by atoms with van der Waals surface area (Å²) in [6.07, 6.45) is 0.902. The zero-order valence-corrected chi connectivity index (χ0v) is 8.52. The van der Waals surface area contributed by atoms with Crippen molar-refractivity contribution in [1.29, 1.82) is 0 Å². The Balaban J connectivity index is 2.76. The van der Waals surface area contributed by atoms with Crippen molar-refractivity contribution in [2.75, 3.05) is 0 Å². The second-order valence-electron chi connectivity index (χ2n) is 3.14. The number of allylic oxidation sites excluding steroid dienone is 2. The molecule has 0 saturated heterocycles. The Morgan fingerprint density at radius 1 is 1.25 bits per heavy atom. The van der Waals surface area contributed by atoms with Crippen molar-refractivity contribution in [3.8, 4) is 0 Å². The molecule has 0 atom stereocenters. The monoisotopic (exact) mass is 237 g/mol. The first kappa shape index (κ1) is 10.5. The predicted molar refractivity (Wildman–Crippen MR) is 55.7 cm³/mol. The van der Waals surface area contributed by atoms with Crippen LogP contribution in [-0.4, -0.2) is 16.5 Å². The van der Waals surface area contributed by atoms with Crippen LogP contribution in [0.25, 0.3) is 0 Å². The molecule has 0 fully saturated rings. The van der Waals surface area contributed by atoms with Crippen molar-refractivity contribution < 1.29 is 14.5 Å². The zero-order valence-electron chi connectivity index (χ0n) is 7.77. The number of fused-ring (bicyclic) bond motifs is 1. The molecule has 0 heterocycles. The van der Waals surface area contributed by atoms with E-state index in [1.165, 1.54) is 18.2 Å². The van der Waals surface area contributed by atoms with Crippen molar-refractivity contribution in [3.05, 3.63) is 50.5 Å². The number of carbonyl (C=O) groups is 2. The average Bonchev–Trinajstić information content (AvgIpc) is 2.25. The molecule has 80 valence electrons. The molecular weight excluding hydrogens is 234 g/mol. The summed E-state index contributed by atoms with van der Waals surface area (Å²) < 4.78 is 0. The van der Waals surface area contributed by atoms with E-state index in [4.69, 9.17) is 11.6 Å². The fraction of sp³-hybridized carbons (Fsp3) is 0. The molecule has 5 nitrogen and oxygen atoms in total. The number of Topliss-reactive ketones (excluding diaryl/α,β-unsaturated/α-hetero) is 1. The van der Waals surface area contributed by atoms with E-state index in [9.17, 15) is 19.7 Å². The first-order chi connectivity index (χ1) is 7.52. The lowest BCUT2D eigenvalue weighted by molar-refractivity contribution is -0.385. The lowest BCUT2D eigenvalue weighted by atomic mass is 9.93. The second-order valence-corrected chi connectivity index (χ2v) is 3.55. The van der Waals surface area contributed by atoms with E-state index in [0.29, 0.717) is 0 Å². The summed E-state index contributed by atoms with van der Waals surface area (Å²) in [6, 6.07) is 3.87. The van der Waals surface area contributed by atoms with Gasteiger partial charge in [-0.25, -0.2) is 0 Å². The van der Waals surface area contributed by atoms with E-state index in [2.05, 4.69) is 0 Å². The Morgan fingerprint density at radius 3 is 2.56 bits per heavy atom. The molecule has 1 aliphatic carbocycles. The number of rotatable bonds is 1. The molecule has 0 aromatic heterocycles. The number of carbonyl (C=O) groups excluding carboxylic acids is 2. The Labute approximate surface area is 94.5 Å². The van der Waals surface area contributed by atoms with Crippen molar-refractivity contribution in [2.45, 2.75) is 0 Å². The highest BCUT2D eigenvalue weighted by Gasteiger charge is 2.31. The Kier molecular flexibility index (Phi) is 2.32. The van der Waals surface area contributed by atoms with Crippen LogP contribution < -0.4 is 0 Å². The smallest absolute Gasteiger partial charge is 0.281 e. The van der Waals surface area contributed by atoms with Crippen LogP contribution in [0.1, 0.15) is 20.7 Å². The summed E-state index contributed by atoms with van der Waals surface area (Å²) >= 11 is 5.54. The van der Waals surface area contributed by atoms with E-state index in [1.54, 1.807) is 0 Å². The van der Waals surface area contributed by atoms with Gasteiger partial charge in [0.25, 0.3) is 5.69 Å². The van der Waals surface area contributed by atoms with Crippen LogP contribution in [0.2, 0.25) is 0 Å². The maximum atomic E-state index is 11.6. The molecule has 1 aromatic carbocycles. The normalized spacial score (nSPS) is 14.4. The van der Waals surface area contributed by atoms with Crippen LogP contribution in [0.4, 0.5) is 5.69 Å². The van der Waals surface area contributed by atoms with E-state index < -0.39 is 16.5 Å². The van der Waals surface area contributed by atoms with Crippen LogP contribution in [-0.2, 0) is 0 Å².